The molecule has 12 heteroatoms. The van der Waals surface area contributed by atoms with Crippen molar-refractivity contribution in [2.24, 2.45) is 7.05 Å². The Balaban J connectivity index is 1.38. The van der Waals surface area contributed by atoms with Gasteiger partial charge in [-0.3, -0.25) is 14.9 Å². The lowest BCUT2D eigenvalue weighted by Crippen LogP contribution is -2.14. The summed E-state index contributed by atoms with van der Waals surface area (Å²) in [4.78, 5) is 9.39. The average molecular weight is 485 g/mol. The van der Waals surface area contributed by atoms with Crippen LogP contribution in [0.4, 0.5) is 0 Å². The summed E-state index contributed by atoms with van der Waals surface area (Å²) in [6.07, 6.45) is 5.40. The van der Waals surface area contributed by atoms with Crippen LogP contribution < -0.4 is 4.74 Å². The van der Waals surface area contributed by atoms with Gasteiger partial charge in [-0.15, -0.1) is 10.2 Å². The zero-order valence-electron chi connectivity index (χ0n) is 18.6. The third-order valence-corrected chi connectivity index (χ3v) is 6.39. The summed E-state index contributed by atoms with van der Waals surface area (Å²) >= 11 is 6.02. The summed E-state index contributed by atoms with van der Waals surface area (Å²) in [5.74, 6) is 1.21. The van der Waals surface area contributed by atoms with Gasteiger partial charge in [-0.05, 0) is 25.1 Å². The van der Waals surface area contributed by atoms with Crippen LogP contribution in [0, 0.1) is 6.92 Å². The quantitative estimate of drug-likeness (QED) is 0.389. The molecular formula is C23H17ClN10O. The Morgan fingerprint density at radius 2 is 1.91 bits per heavy atom. The maximum atomic E-state index is 6.06. The number of benzene rings is 1. The van der Waals surface area contributed by atoms with E-state index in [0.717, 1.165) is 33.6 Å². The summed E-state index contributed by atoms with van der Waals surface area (Å²) in [7, 11) is 1.89. The van der Waals surface area contributed by atoms with Crippen molar-refractivity contribution in [1.29, 1.82) is 0 Å². The summed E-state index contributed by atoms with van der Waals surface area (Å²) < 4.78 is 9.48. The molecule has 11 nitrogen and oxygen atoms in total. The molecule has 7 rings (SSSR count). The van der Waals surface area contributed by atoms with E-state index in [1.165, 1.54) is 0 Å². The van der Waals surface area contributed by atoms with Crippen LogP contribution in [0.1, 0.15) is 28.3 Å². The summed E-state index contributed by atoms with van der Waals surface area (Å²) in [6, 6.07) is 9.40. The number of ether oxygens (including phenoxy) is 1. The van der Waals surface area contributed by atoms with Crippen molar-refractivity contribution >= 4 is 17.2 Å². The third-order valence-electron chi connectivity index (χ3n) is 6.13. The molecule has 35 heavy (non-hydrogen) atoms. The molecule has 0 bridgehead atoms. The van der Waals surface area contributed by atoms with Crippen LogP contribution in [0.2, 0.25) is 5.02 Å². The standard InChI is InChI=1S/C23H17ClN10O/c1-11-17-18(13-8-26-33(2)9-13)19-21-27-20(32-34(21)10-25-22(19)35-23(17)31-28-11)16-7-15(29-30-16)12-3-5-14(24)6-4-12/h3-10,18H,1-2H3,(H,28,31)(H,29,30)/t18-/m1/s1. The Kier molecular flexibility index (Phi) is 4.12. The van der Waals surface area contributed by atoms with Crippen molar-refractivity contribution in [1.82, 2.24) is 49.8 Å². The molecule has 1 aliphatic heterocycles. The van der Waals surface area contributed by atoms with Crippen LogP contribution >= 0.6 is 11.6 Å². The minimum absolute atomic E-state index is 0.221. The smallest absolute Gasteiger partial charge is 0.244 e. The van der Waals surface area contributed by atoms with E-state index in [1.54, 1.807) is 15.5 Å². The van der Waals surface area contributed by atoms with E-state index < -0.39 is 0 Å². The number of hydrogen-bond donors (Lipinski definition) is 2. The SMILES string of the molecule is Cc1[nH]nc2c1[C@@H](c1cnn(C)c1)c1c(ncn3nc(-c4cc(-c5ccc(Cl)cc5)n[nH]4)nc13)O2. The first kappa shape index (κ1) is 19.9. The van der Waals surface area contributed by atoms with Gasteiger partial charge in [0.05, 0.1) is 23.4 Å². The van der Waals surface area contributed by atoms with Gasteiger partial charge in [0.1, 0.15) is 12.0 Å². The molecule has 2 N–H and O–H groups in total. The zero-order chi connectivity index (χ0) is 23.7. The number of aryl methyl sites for hydroxylation is 2. The van der Waals surface area contributed by atoms with Gasteiger partial charge in [0.15, 0.2) is 11.5 Å². The molecule has 0 amide bonds. The first-order valence-electron chi connectivity index (χ1n) is 10.8. The number of H-pyrrole nitrogens is 2. The molecule has 1 aliphatic rings. The molecule has 1 aromatic carbocycles. The van der Waals surface area contributed by atoms with Gasteiger partial charge in [0.2, 0.25) is 11.8 Å². The normalized spacial score (nSPS) is 14.7. The lowest BCUT2D eigenvalue weighted by Gasteiger charge is -2.24. The predicted octanol–water partition coefficient (Wildman–Crippen LogP) is 3.89. The molecule has 5 aromatic heterocycles. The van der Waals surface area contributed by atoms with Crippen molar-refractivity contribution in [3.05, 3.63) is 76.5 Å². The highest BCUT2D eigenvalue weighted by Gasteiger charge is 2.37. The molecule has 1 atom stereocenters. The van der Waals surface area contributed by atoms with Crippen LogP contribution in [0.25, 0.3) is 28.4 Å². The minimum Gasteiger partial charge on any atom is -0.418 e. The molecule has 6 aromatic rings. The van der Waals surface area contributed by atoms with E-state index in [1.807, 2.05) is 56.7 Å². The van der Waals surface area contributed by atoms with E-state index in [2.05, 4.69) is 35.6 Å². The maximum absolute atomic E-state index is 6.06. The highest BCUT2D eigenvalue weighted by atomic mass is 35.5. The fourth-order valence-corrected chi connectivity index (χ4v) is 4.63. The Hall–Kier alpha value is -4.51. The average Bonchev–Trinajstić information content (AvgIpc) is 3.65. The zero-order valence-corrected chi connectivity index (χ0v) is 19.3. The van der Waals surface area contributed by atoms with E-state index in [9.17, 15) is 0 Å². The summed E-state index contributed by atoms with van der Waals surface area (Å²) in [6.45, 7) is 1.97. The Morgan fingerprint density at radius 3 is 2.71 bits per heavy atom. The van der Waals surface area contributed by atoms with Crippen molar-refractivity contribution < 1.29 is 4.74 Å². The lowest BCUT2D eigenvalue weighted by molar-refractivity contribution is 0.416. The molecule has 0 unspecified atom stereocenters. The second kappa shape index (κ2) is 7.24. The number of fused-ring (bicyclic) bond motifs is 4. The number of hydrogen-bond acceptors (Lipinski definition) is 7. The topological polar surface area (TPSA) is 127 Å². The predicted molar refractivity (Wildman–Crippen MR) is 126 cm³/mol. The molecule has 0 spiro atoms. The second-order valence-corrected chi connectivity index (χ2v) is 8.83. The number of nitrogens with one attached hydrogen (secondary N) is 2. The molecular weight excluding hydrogens is 468 g/mol. The summed E-state index contributed by atoms with van der Waals surface area (Å²) in [5.41, 5.74) is 6.63. The van der Waals surface area contributed by atoms with Gasteiger partial charge in [0, 0.05) is 40.7 Å². The van der Waals surface area contributed by atoms with Gasteiger partial charge in [0.25, 0.3) is 0 Å². The maximum Gasteiger partial charge on any atom is 0.244 e. The van der Waals surface area contributed by atoms with E-state index >= 15 is 0 Å². The number of rotatable bonds is 3. The van der Waals surface area contributed by atoms with Crippen molar-refractivity contribution in [2.75, 3.05) is 0 Å². The highest BCUT2D eigenvalue weighted by Crippen LogP contribution is 2.48. The first-order valence-corrected chi connectivity index (χ1v) is 11.2. The van der Waals surface area contributed by atoms with Gasteiger partial charge >= 0.3 is 0 Å². The molecule has 0 saturated carbocycles. The van der Waals surface area contributed by atoms with E-state index in [0.29, 0.717) is 33.9 Å². The molecule has 0 saturated heterocycles. The van der Waals surface area contributed by atoms with Crippen molar-refractivity contribution in [3.8, 4) is 34.5 Å². The van der Waals surface area contributed by atoms with E-state index in [4.69, 9.17) is 21.3 Å². The molecule has 0 fully saturated rings. The van der Waals surface area contributed by atoms with Crippen LogP contribution in [0.5, 0.6) is 11.8 Å². The van der Waals surface area contributed by atoms with Crippen LogP contribution in [0.15, 0.2) is 49.1 Å². The molecule has 0 radical (unpaired) electrons. The van der Waals surface area contributed by atoms with Gasteiger partial charge in [-0.25, -0.2) is 14.5 Å². The molecule has 6 heterocycles. The monoisotopic (exact) mass is 484 g/mol. The van der Waals surface area contributed by atoms with Crippen molar-refractivity contribution in [3.63, 3.8) is 0 Å². The number of nitrogens with zero attached hydrogens (tertiary/aromatic N) is 8. The Bertz CT molecular complexity index is 1730. The van der Waals surface area contributed by atoms with Crippen LogP contribution in [-0.2, 0) is 7.05 Å². The highest BCUT2D eigenvalue weighted by molar-refractivity contribution is 6.30. The molecule has 0 aliphatic carbocycles. The number of halogens is 1. The largest absolute Gasteiger partial charge is 0.418 e. The Morgan fingerprint density at radius 1 is 1.06 bits per heavy atom. The second-order valence-electron chi connectivity index (χ2n) is 8.39. The van der Waals surface area contributed by atoms with Gasteiger partial charge in [-0.2, -0.15) is 10.2 Å². The minimum atomic E-state index is -0.221. The van der Waals surface area contributed by atoms with Crippen LogP contribution in [-0.4, -0.2) is 49.8 Å². The fourth-order valence-electron chi connectivity index (χ4n) is 4.50. The van der Waals surface area contributed by atoms with Gasteiger partial charge in [-0.1, -0.05) is 23.7 Å². The Labute approximate surface area is 202 Å². The van der Waals surface area contributed by atoms with E-state index in [-0.39, 0.29) is 5.92 Å². The first-order chi connectivity index (χ1) is 17.0. The summed E-state index contributed by atoms with van der Waals surface area (Å²) in [5, 5.41) is 24.5. The van der Waals surface area contributed by atoms with Crippen molar-refractivity contribution in [2.45, 2.75) is 12.8 Å². The number of aromatic nitrogens is 10. The molecule has 172 valence electrons. The van der Waals surface area contributed by atoms with Crippen LogP contribution in [0.3, 0.4) is 0 Å². The lowest BCUT2D eigenvalue weighted by atomic mass is 9.86. The van der Waals surface area contributed by atoms with Gasteiger partial charge < -0.3 is 4.74 Å². The number of aromatic amines is 2. The third kappa shape index (κ3) is 3.05. The fraction of sp³-hybridized carbons (Fsp3) is 0.130.